The third-order valence-electron chi connectivity index (χ3n) is 13.2. The summed E-state index contributed by atoms with van der Waals surface area (Å²) < 4.78 is 29.7. The Kier molecular flexibility index (Phi) is 18.3. The first-order valence-corrected chi connectivity index (χ1v) is 21.5. The van der Waals surface area contributed by atoms with Gasteiger partial charge in [0.1, 0.15) is 24.0 Å². The Bertz CT molecular complexity index is 1500. The molecule has 1 aliphatic carbocycles. The van der Waals surface area contributed by atoms with Crippen LogP contribution in [0.4, 0.5) is 0 Å². The van der Waals surface area contributed by atoms with Crippen LogP contribution in [0.3, 0.4) is 0 Å². The fraction of sp³-hybridized carbons (Fsp3) is 0.818. The van der Waals surface area contributed by atoms with Crippen LogP contribution in [0.15, 0.2) is 23.3 Å². The molecule has 0 aromatic rings. The number of ether oxygens (including phenoxy) is 5. The summed E-state index contributed by atoms with van der Waals surface area (Å²) in [5, 5.41) is 54.4. The van der Waals surface area contributed by atoms with E-state index in [4.69, 9.17) is 23.7 Å². The van der Waals surface area contributed by atoms with E-state index < -0.39 is 103 Å². The summed E-state index contributed by atoms with van der Waals surface area (Å²) in [7, 11) is 4.53. The van der Waals surface area contributed by atoms with Crippen molar-refractivity contribution in [1.82, 2.24) is 4.90 Å². The molecule has 336 valence electrons. The Labute approximate surface area is 349 Å². The van der Waals surface area contributed by atoms with Gasteiger partial charge in [-0.15, -0.1) is 0 Å². The van der Waals surface area contributed by atoms with Gasteiger partial charge < -0.3 is 54.1 Å². The summed E-state index contributed by atoms with van der Waals surface area (Å²) in [6.07, 6.45) is 0.418. The fourth-order valence-electron chi connectivity index (χ4n) is 9.61. The molecular weight excluding hydrogens is 766 g/mol. The van der Waals surface area contributed by atoms with Gasteiger partial charge in [0.15, 0.2) is 0 Å². The predicted molar refractivity (Wildman–Crippen MR) is 215 cm³/mol. The second-order valence-corrected chi connectivity index (χ2v) is 17.8. The first-order chi connectivity index (χ1) is 27.9. The van der Waals surface area contributed by atoms with Crippen LogP contribution in [-0.4, -0.2) is 149 Å². The van der Waals surface area contributed by atoms with Crippen molar-refractivity contribution < 1.29 is 68.4 Å². The molecule has 4 rings (SSSR count). The van der Waals surface area contributed by atoms with E-state index in [0.29, 0.717) is 50.5 Å². The molecule has 1 unspecified atom stereocenters. The zero-order chi connectivity index (χ0) is 43.8. The zero-order valence-electron chi connectivity index (χ0n) is 36.3. The van der Waals surface area contributed by atoms with E-state index in [1.807, 2.05) is 19.9 Å². The molecule has 3 heterocycles. The first kappa shape index (κ1) is 49.1. The summed E-state index contributed by atoms with van der Waals surface area (Å²) in [5.41, 5.74) is 1.41. The number of carbonyl (C=O) groups is 4. The highest BCUT2D eigenvalue weighted by Gasteiger charge is 2.56. The van der Waals surface area contributed by atoms with E-state index >= 15 is 0 Å². The molecule has 5 N–H and O–H groups in total. The molecule has 2 bridgehead atoms. The number of esters is 1. The maximum Gasteiger partial charge on any atom is 0.329 e. The van der Waals surface area contributed by atoms with Crippen molar-refractivity contribution in [3.63, 3.8) is 0 Å². The van der Waals surface area contributed by atoms with Gasteiger partial charge in [0, 0.05) is 52.0 Å². The average Bonchev–Trinajstić information content (AvgIpc) is 3.21. The van der Waals surface area contributed by atoms with Crippen LogP contribution in [-0.2, 0) is 42.9 Å². The molecule has 1 saturated carbocycles. The van der Waals surface area contributed by atoms with Gasteiger partial charge in [-0.3, -0.25) is 14.4 Å². The number of aliphatic hydroxyl groups is 5. The van der Waals surface area contributed by atoms with Crippen molar-refractivity contribution in [1.29, 1.82) is 0 Å². The zero-order valence-corrected chi connectivity index (χ0v) is 36.3. The summed E-state index contributed by atoms with van der Waals surface area (Å²) in [6.45, 7) is 8.39. The Hall–Kier alpha value is -2.60. The maximum absolute atomic E-state index is 14.3. The van der Waals surface area contributed by atoms with Crippen LogP contribution in [0.5, 0.6) is 0 Å². The highest BCUT2D eigenvalue weighted by Crippen LogP contribution is 2.39. The van der Waals surface area contributed by atoms with E-state index in [2.05, 4.69) is 0 Å². The minimum absolute atomic E-state index is 0.0548. The number of piperidine rings is 1. The number of hydrogen-bond donors (Lipinski definition) is 5. The summed E-state index contributed by atoms with van der Waals surface area (Å²) >= 11 is 0. The van der Waals surface area contributed by atoms with Crippen molar-refractivity contribution in [3.8, 4) is 0 Å². The number of hydrogen-bond acceptors (Lipinski definition) is 14. The third kappa shape index (κ3) is 12.1. The van der Waals surface area contributed by atoms with Crippen LogP contribution in [0.1, 0.15) is 105 Å². The second kappa shape index (κ2) is 22.0. The number of aliphatic hydroxyl groups excluding tert-OH is 4. The second-order valence-electron chi connectivity index (χ2n) is 17.8. The number of methoxy groups -OCH3 is 3. The first-order valence-electron chi connectivity index (χ1n) is 21.5. The Morgan fingerprint density at radius 2 is 1.59 bits per heavy atom. The minimum atomic E-state index is -2.55. The van der Waals surface area contributed by atoms with Crippen molar-refractivity contribution >= 4 is 23.4 Å². The number of allylic oxidation sites excluding steroid dienone is 3. The van der Waals surface area contributed by atoms with Gasteiger partial charge in [0.05, 0.1) is 43.2 Å². The normalized spacial score (nSPS) is 40.6. The Balaban J connectivity index is 1.79. The minimum Gasteiger partial charge on any atom is -0.456 e. The fourth-order valence-corrected chi connectivity index (χ4v) is 9.61. The lowest BCUT2D eigenvalue weighted by Gasteiger charge is -2.47. The lowest BCUT2D eigenvalue weighted by Crippen LogP contribution is -2.64. The highest BCUT2D eigenvalue weighted by molar-refractivity contribution is 6.39. The molecule has 15 nitrogen and oxygen atoms in total. The predicted octanol–water partition coefficient (Wildman–Crippen LogP) is 2.81. The van der Waals surface area contributed by atoms with E-state index in [1.54, 1.807) is 26.8 Å². The molecule has 59 heavy (non-hydrogen) atoms. The molecule has 0 aromatic carbocycles. The number of Topliss-reactive ketones (excluding diaryl/α,β-unsaturated/α-hetero) is 2. The molecule has 2 saturated heterocycles. The van der Waals surface area contributed by atoms with E-state index in [9.17, 15) is 44.7 Å². The van der Waals surface area contributed by atoms with Crippen LogP contribution in [0.25, 0.3) is 0 Å². The quantitative estimate of drug-likeness (QED) is 0.135. The van der Waals surface area contributed by atoms with Crippen LogP contribution in [0, 0.1) is 29.6 Å². The topological polar surface area (TPSA) is 219 Å². The summed E-state index contributed by atoms with van der Waals surface area (Å²) in [4.78, 5) is 58.0. The maximum atomic E-state index is 14.3. The largest absolute Gasteiger partial charge is 0.456 e. The molecular formula is C44H71NO14. The molecule has 1 amide bonds. The Morgan fingerprint density at radius 1 is 0.932 bits per heavy atom. The molecule has 15 heteroatoms. The van der Waals surface area contributed by atoms with Crippen molar-refractivity contribution in [2.75, 3.05) is 34.5 Å². The number of carbonyl (C=O) groups excluding carboxylic acids is 4. The molecule has 3 aliphatic heterocycles. The van der Waals surface area contributed by atoms with Crippen LogP contribution >= 0.6 is 0 Å². The van der Waals surface area contributed by atoms with Crippen LogP contribution in [0.2, 0.25) is 0 Å². The number of cyclic esters (lactones) is 1. The smallest absolute Gasteiger partial charge is 0.329 e. The van der Waals surface area contributed by atoms with Crippen molar-refractivity contribution in [2.45, 2.75) is 166 Å². The van der Waals surface area contributed by atoms with Gasteiger partial charge in [-0.05, 0) is 95.5 Å². The lowest BCUT2D eigenvalue weighted by molar-refractivity contribution is -0.302. The number of fused-ring (bicyclic) bond motifs is 3. The monoisotopic (exact) mass is 837 g/mol. The van der Waals surface area contributed by atoms with Gasteiger partial charge in [-0.25, -0.2) is 4.79 Å². The summed E-state index contributed by atoms with van der Waals surface area (Å²) in [6, 6.07) is -1.19. The van der Waals surface area contributed by atoms with Gasteiger partial charge in [-0.1, -0.05) is 38.5 Å². The van der Waals surface area contributed by atoms with Gasteiger partial charge in [0.25, 0.3) is 11.7 Å². The number of rotatable bonds is 8. The number of amides is 1. The highest BCUT2D eigenvalue weighted by atomic mass is 16.7. The third-order valence-corrected chi connectivity index (χ3v) is 13.2. The van der Waals surface area contributed by atoms with Gasteiger partial charge in [-0.2, -0.15) is 0 Å². The molecule has 3 fully saturated rings. The Morgan fingerprint density at radius 3 is 2.24 bits per heavy atom. The van der Waals surface area contributed by atoms with Gasteiger partial charge >= 0.3 is 5.97 Å². The molecule has 15 atom stereocenters. The molecule has 4 aliphatic rings. The molecule has 0 radical (unpaired) electrons. The SMILES string of the molecule is CO[C@H]1C[C@@H](C)C/C(C)=C/[C@@H](CC(O)CO)C(=O)C[C@H](O)[C@@H](C)[C@@H](/C(C)=C/[C@@H]2CC[C@@H](O)[C@H](OC)C2)OC(=O)[C@@H]2CCCCN2C(=O)C(=O)[C@]2(O)O[C@H]1[C@@H](OC)C[C@H]2C. The summed E-state index contributed by atoms with van der Waals surface area (Å²) in [5.74, 6) is -8.67. The van der Waals surface area contributed by atoms with Crippen molar-refractivity contribution in [3.05, 3.63) is 23.3 Å². The lowest BCUT2D eigenvalue weighted by atomic mass is 9.81. The molecule has 0 spiro atoms. The van der Waals surface area contributed by atoms with E-state index in [1.165, 1.54) is 21.3 Å². The number of ketones is 2. The van der Waals surface area contributed by atoms with Crippen LogP contribution < -0.4 is 0 Å². The molecule has 0 aromatic heterocycles. The van der Waals surface area contributed by atoms with E-state index in [-0.39, 0.29) is 49.8 Å². The standard InChI is InChI=1S/C44H71NO14/c1-24-15-25(2)17-37(56-7)40-38(57-8)19-27(4)44(54,59-40)41(51)42(52)45-14-10-9-11-32(45)43(53)58-39(26(3)18-29-12-13-33(48)36(20-29)55-6)28(5)34(49)22-35(50)30(16-24)21-31(47)23-46/h16,18,25,27-34,36-40,46-49,54H,9-15,17,19-23H2,1-8H3/b24-16+,26-18+/t25-,27+,28+,29-,30-,31?,32-,33+,34-,36+,37-,38-,39+,40+,44+/m0/s1. The average molecular weight is 838 g/mol. The van der Waals surface area contributed by atoms with Gasteiger partial charge in [0.2, 0.25) is 5.79 Å². The number of nitrogens with zero attached hydrogens (tertiary/aromatic N) is 1. The van der Waals surface area contributed by atoms with E-state index in [0.717, 1.165) is 10.5 Å². The van der Waals surface area contributed by atoms with Crippen molar-refractivity contribution in [2.24, 2.45) is 29.6 Å².